The Bertz CT molecular complexity index is 534. The number of hydrogen-bond acceptors (Lipinski definition) is 7. The van der Waals surface area contributed by atoms with Crippen molar-refractivity contribution < 1.29 is 23.9 Å². The van der Waals surface area contributed by atoms with Crippen LogP contribution in [0, 0.1) is 10.1 Å². The number of nitrogens with one attached hydrogen (secondary N) is 1. The zero-order valence-corrected chi connectivity index (χ0v) is 11.3. The lowest BCUT2D eigenvalue weighted by molar-refractivity contribution is -0.384. The van der Waals surface area contributed by atoms with Crippen LogP contribution in [0.4, 0.5) is 5.69 Å². The first-order valence-electron chi connectivity index (χ1n) is 5.89. The van der Waals surface area contributed by atoms with Crippen molar-refractivity contribution in [2.24, 2.45) is 0 Å². The van der Waals surface area contributed by atoms with Crippen LogP contribution in [0.5, 0.6) is 0 Å². The van der Waals surface area contributed by atoms with Crippen LogP contribution in [0.25, 0.3) is 0 Å². The van der Waals surface area contributed by atoms with Crippen LogP contribution in [0.2, 0.25) is 0 Å². The van der Waals surface area contributed by atoms with E-state index in [-0.39, 0.29) is 12.0 Å². The molecule has 1 heterocycles. The van der Waals surface area contributed by atoms with Gasteiger partial charge in [-0.2, -0.15) is 0 Å². The SMILES string of the molecule is O=S(=O)([O-])[O-].O=[N+]([O-])c1ccc(C2CCNCC2)cc1.[H+]. The van der Waals surface area contributed by atoms with Crippen molar-refractivity contribution in [1.82, 2.24) is 5.32 Å². The molecular weight excluding hydrogens is 288 g/mol. The minimum Gasteiger partial charge on any atom is -0.759 e. The Balaban J connectivity index is 0.000000583. The molecule has 1 aromatic rings. The average molecular weight is 303 g/mol. The summed E-state index contributed by atoms with van der Waals surface area (Å²) in [7, 11) is -5.17. The predicted molar refractivity (Wildman–Crippen MR) is 69.5 cm³/mol. The third-order valence-electron chi connectivity index (χ3n) is 2.91. The Morgan fingerprint density at radius 1 is 1.15 bits per heavy atom. The fraction of sp³-hybridized carbons (Fsp3) is 0.455. The van der Waals surface area contributed by atoms with E-state index in [0.29, 0.717) is 5.92 Å². The topological polar surface area (TPSA) is 135 Å². The summed E-state index contributed by atoms with van der Waals surface area (Å²) in [4.78, 5) is 10.1. The molecule has 1 N–H and O–H groups in total. The highest BCUT2D eigenvalue weighted by Crippen LogP contribution is 2.26. The average Bonchev–Trinajstić information content (AvgIpc) is 2.38. The van der Waals surface area contributed by atoms with Crippen molar-refractivity contribution in [2.75, 3.05) is 13.1 Å². The summed E-state index contributed by atoms with van der Waals surface area (Å²) in [5, 5.41) is 13.8. The molecule has 0 unspecified atom stereocenters. The van der Waals surface area contributed by atoms with Crippen molar-refractivity contribution in [2.45, 2.75) is 18.8 Å². The van der Waals surface area contributed by atoms with Gasteiger partial charge in [-0.05, 0) is 37.4 Å². The van der Waals surface area contributed by atoms with Crippen LogP contribution in [-0.4, -0.2) is 35.5 Å². The van der Waals surface area contributed by atoms with E-state index in [1.54, 1.807) is 12.1 Å². The molecule has 0 saturated carbocycles. The molecule has 8 nitrogen and oxygen atoms in total. The van der Waals surface area contributed by atoms with E-state index in [0.717, 1.165) is 25.9 Å². The van der Waals surface area contributed by atoms with Crippen molar-refractivity contribution in [3.63, 3.8) is 0 Å². The van der Waals surface area contributed by atoms with E-state index in [4.69, 9.17) is 17.5 Å². The molecule has 0 bridgehead atoms. The number of rotatable bonds is 2. The molecule has 0 aliphatic carbocycles. The molecule has 0 spiro atoms. The van der Waals surface area contributed by atoms with E-state index in [9.17, 15) is 10.1 Å². The van der Waals surface area contributed by atoms with Gasteiger partial charge in [-0.1, -0.05) is 12.1 Å². The molecule has 0 amide bonds. The number of hydrogen-bond donors (Lipinski definition) is 1. The van der Waals surface area contributed by atoms with Crippen molar-refractivity contribution in [1.29, 1.82) is 0 Å². The van der Waals surface area contributed by atoms with Crippen LogP contribution in [0.1, 0.15) is 25.7 Å². The van der Waals surface area contributed by atoms with Crippen molar-refractivity contribution in [3.05, 3.63) is 39.9 Å². The van der Waals surface area contributed by atoms with Gasteiger partial charge in [0.05, 0.1) is 4.92 Å². The number of piperidine rings is 1. The molecule has 20 heavy (non-hydrogen) atoms. The number of nitrogens with zero attached hydrogens (tertiary/aromatic N) is 1. The Kier molecular flexibility index (Phi) is 6.02. The summed E-state index contributed by atoms with van der Waals surface area (Å²) >= 11 is 0. The second-order valence-electron chi connectivity index (χ2n) is 4.28. The quantitative estimate of drug-likeness (QED) is 0.370. The summed E-state index contributed by atoms with van der Waals surface area (Å²) in [6.07, 6.45) is 2.25. The van der Waals surface area contributed by atoms with E-state index in [1.807, 2.05) is 12.1 Å². The fourth-order valence-corrected chi connectivity index (χ4v) is 2.02. The molecule has 112 valence electrons. The van der Waals surface area contributed by atoms with Crippen molar-refractivity contribution >= 4 is 16.1 Å². The zero-order chi connectivity index (χ0) is 15.2. The molecule has 9 heteroatoms. The minimum absolute atomic E-state index is 0. The number of nitro benzene ring substituents is 1. The van der Waals surface area contributed by atoms with Crippen molar-refractivity contribution in [3.8, 4) is 0 Å². The van der Waals surface area contributed by atoms with Crippen LogP contribution < -0.4 is 5.32 Å². The van der Waals surface area contributed by atoms with Crippen LogP contribution >= 0.6 is 0 Å². The lowest BCUT2D eigenvalue weighted by Crippen LogP contribution is -2.26. The predicted octanol–water partition coefficient (Wildman–Crippen LogP) is 0.836. The summed E-state index contributed by atoms with van der Waals surface area (Å²) in [6.45, 7) is 2.09. The maximum Gasteiger partial charge on any atom is 1.00 e. The van der Waals surface area contributed by atoms with E-state index < -0.39 is 10.4 Å². The van der Waals surface area contributed by atoms with Gasteiger partial charge in [-0.15, -0.1) is 0 Å². The highest BCUT2D eigenvalue weighted by Gasteiger charge is 2.15. The Morgan fingerprint density at radius 3 is 2.00 bits per heavy atom. The zero-order valence-electron chi connectivity index (χ0n) is 11.5. The molecule has 1 aromatic carbocycles. The summed E-state index contributed by atoms with van der Waals surface area (Å²) < 4.78 is 34.1. The maximum absolute atomic E-state index is 10.5. The van der Waals surface area contributed by atoms with Gasteiger partial charge in [0.15, 0.2) is 0 Å². The molecule has 1 fully saturated rings. The maximum atomic E-state index is 10.5. The standard InChI is InChI=1S/C11H14N2O2.H2O4S/c14-13(15)11-3-1-9(2-4-11)10-5-7-12-8-6-10;1-5(2,3)4/h1-4,10,12H,5-8H2;(H2,1,2,3,4)/p-1. The van der Waals surface area contributed by atoms with Gasteiger partial charge in [0.2, 0.25) is 0 Å². The van der Waals surface area contributed by atoms with Crippen LogP contribution in [0.15, 0.2) is 24.3 Å². The lowest BCUT2D eigenvalue weighted by Gasteiger charge is -2.22. The first-order chi connectivity index (χ1) is 9.27. The monoisotopic (exact) mass is 303 g/mol. The Morgan fingerprint density at radius 2 is 1.60 bits per heavy atom. The van der Waals surface area contributed by atoms with E-state index in [1.165, 1.54) is 5.56 Å². The van der Waals surface area contributed by atoms with Crippen LogP contribution in [0.3, 0.4) is 0 Å². The van der Waals surface area contributed by atoms with E-state index >= 15 is 0 Å². The largest absolute Gasteiger partial charge is 1.00 e. The van der Waals surface area contributed by atoms with Gasteiger partial charge < -0.3 is 14.4 Å². The van der Waals surface area contributed by atoms with Gasteiger partial charge in [0, 0.05) is 22.5 Å². The minimum atomic E-state index is -5.17. The molecule has 1 aliphatic rings. The smallest absolute Gasteiger partial charge is 0.759 e. The first-order valence-corrected chi connectivity index (χ1v) is 7.22. The molecule has 2 rings (SSSR count). The summed E-state index contributed by atoms with van der Waals surface area (Å²) in [6, 6.07) is 6.96. The Hall–Kier alpha value is -1.55. The number of benzene rings is 1. The molecule has 1 aliphatic heterocycles. The van der Waals surface area contributed by atoms with Gasteiger partial charge in [0.1, 0.15) is 0 Å². The van der Waals surface area contributed by atoms with Gasteiger partial charge >= 0.3 is 1.43 Å². The van der Waals surface area contributed by atoms with Gasteiger partial charge in [-0.3, -0.25) is 18.5 Å². The molecular formula is C11H15N2O6S-. The Labute approximate surface area is 118 Å². The molecule has 0 radical (unpaired) electrons. The number of nitro groups is 1. The molecule has 1 saturated heterocycles. The first kappa shape index (κ1) is 16.5. The van der Waals surface area contributed by atoms with Crippen LogP contribution in [-0.2, 0) is 10.4 Å². The third-order valence-corrected chi connectivity index (χ3v) is 2.91. The van der Waals surface area contributed by atoms with E-state index in [2.05, 4.69) is 5.32 Å². The lowest BCUT2D eigenvalue weighted by atomic mass is 9.90. The highest BCUT2D eigenvalue weighted by molar-refractivity contribution is 7.79. The second kappa shape index (κ2) is 7.29. The highest BCUT2D eigenvalue weighted by atomic mass is 32.3. The van der Waals surface area contributed by atoms with Gasteiger partial charge in [0.25, 0.3) is 5.69 Å². The second-order valence-corrected chi connectivity index (χ2v) is 5.10. The van der Waals surface area contributed by atoms with Gasteiger partial charge in [-0.25, -0.2) is 0 Å². The molecule has 0 aromatic heterocycles. The number of non-ortho nitro benzene ring substituents is 1. The normalized spacial score (nSPS) is 16.1. The summed E-state index contributed by atoms with van der Waals surface area (Å²) in [5.41, 5.74) is 1.40. The molecule has 0 atom stereocenters. The third kappa shape index (κ3) is 6.57. The fourth-order valence-electron chi connectivity index (χ4n) is 2.02. The summed E-state index contributed by atoms with van der Waals surface area (Å²) in [5.74, 6) is 0.562.